The van der Waals surface area contributed by atoms with Crippen molar-refractivity contribution in [1.82, 2.24) is 0 Å². The molecule has 0 spiro atoms. The van der Waals surface area contributed by atoms with E-state index in [1.165, 1.54) is 0 Å². The van der Waals surface area contributed by atoms with Gasteiger partial charge < -0.3 is 9.47 Å². The monoisotopic (exact) mass is 308 g/mol. The van der Waals surface area contributed by atoms with Crippen molar-refractivity contribution in [2.75, 3.05) is 14.2 Å². The van der Waals surface area contributed by atoms with E-state index in [4.69, 9.17) is 9.47 Å². The van der Waals surface area contributed by atoms with Crippen LogP contribution < -0.4 is 9.47 Å². The van der Waals surface area contributed by atoms with Gasteiger partial charge in [-0.1, -0.05) is 30.3 Å². The van der Waals surface area contributed by atoms with E-state index >= 15 is 0 Å². The molecule has 0 unspecified atom stereocenters. The Morgan fingerprint density at radius 1 is 0.826 bits per heavy atom. The summed E-state index contributed by atoms with van der Waals surface area (Å²) in [5.74, 6) is 1.58. The molecule has 2 aromatic rings. The average Bonchev–Trinajstić information content (AvgIpc) is 2.60. The number of ether oxygens (including phenoxy) is 2. The molecule has 0 saturated heterocycles. The second-order valence-corrected chi connectivity index (χ2v) is 5.07. The highest BCUT2D eigenvalue weighted by atomic mass is 16.5. The van der Waals surface area contributed by atoms with E-state index in [2.05, 4.69) is 0 Å². The second kappa shape index (κ2) is 7.99. The highest BCUT2D eigenvalue weighted by molar-refractivity contribution is 6.08. The van der Waals surface area contributed by atoms with Crippen LogP contribution in [0.1, 0.15) is 18.1 Å². The molecule has 0 atom stereocenters. The lowest BCUT2D eigenvalue weighted by Crippen LogP contribution is -1.94. The van der Waals surface area contributed by atoms with Gasteiger partial charge in [0.1, 0.15) is 11.5 Å². The molecule has 2 rings (SSSR count). The molecular formula is C20H20O3. The number of carbonyl (C=O) groups excluding carboxylic acids is 1. The molecule has 118 valence electrons. The van der Waals surface area contributed by atoms with Crippen LogP contribution in [-0.4, -0.2) is 20.0 Å². The molecule has 0 aliphatic carbocycles. The average molecular weight is 308 g/mol. The molecule has 0 aromatic heterocycles. The molecule has 0 amide bonds. The predicted molar refractivity (Wildman–Crippen MR) is 93.7 cm³/mol. The van der Waals surface area contributed by atoms with Crippen molar-refractivity contribution < 1.29 is 14.3 Å². The van der Waals surface area contributed by atoms with Gasteiger partial charge in [-0.25, -0.2) is 0 Å². The van der Waals surface area contributed by atoms with Gasteiger partial charge in [-0.15, -0.1) is 0 Å². The normalized spacial score (nSPS) is 11.5. The molecule has 0 radical (unpaired) electrons. The van der Waals surface area contributed by atoms with Gasteiger partial charge in [0.2, 0.25) is 0 Å². The summed E-state index contributed by atoms with van der Waals surface area (Å²) in [5.41, 5.74) is 2.60. The fraction of sp³-hybridized carbons (Fsp3) is 0.150. The van der Waals surface area contributed by atoms with Crippen LogP contribution in [0.2, 0.25) is 0 Å². The number of methoxy groups -OCH3 is 2. The molecule has 0 N–H and O–H groups in total. The Morgan fingerprint density at radius 2 is 1.30 bits per heavy atom. The molecule has 0 saturated carbocycles. The van der Waals surface area contributed by atoms with Gasteiger partial charge in [0, 0.05) is 0 Å². The van der Waals surface area contributed by atoms with Gasteiger partial charge in [0.15, 0.2) is 5.78 Å². The molecule has 2 aromatic carbocycles. The van der Waals surface area contributed by atoms with Crippen molar-refractivity contribution in [3.8, 4) is 11.5 Å². The minimum absolute atomic E-state index is 0.0170. The van der Waals surface area contributed by atoms with Crippen molar-refractivity contribution in [2.45, 2.75) is 6.92 Å². The summed E-state index contributed by atoms with van der Waals surface area (Å²) < 4.78 is 10.2. The Labute approximate surface area is 136 Å². The Kier molecular flexibility index (Phi) is 5.75. The van der Waals surface area contributed by atoms with Gasteiger partial charge in [0.25, 0.3) is 0 Å². The maximum atomic E-state index is 12.2. The fourth-order valence-corrected chi connectivity index (χ4v) is 2.04. The summed E-state index contributed by atoms with van der Waals surface area (Å²) in [4.78, 5) is 12.2. The Morgan fingerprint density at radius 3 is 1.78 bits per heavy atom. The van der Waals surface area contributed by atoms with Crippen molar-refractivity contribution in [3.05, 3.63) is 71.3 Å². The standard InChI is InChI=1S/C20H20O3/c1-15(14-17-6-11-19(23-3)12-7-17)20(21)13-8-16-4-9-18(22-2)10-5-16/h4-14H,1-3H3/b13-8+,15-14+. The molecular weight excluding hydrogens is 288 g/mol. The Hall–Kier alpha value is -2.81. The zero-order valence-electron chi connectivity index (χ0n) is 13.6. The first-order chi connectivity index (χ1) is 11.1. The van der Waals surface area contributed by atoms with Gasteiger partial charge in [-0.05, 0) is 60.0 Å². The largest absolute Gasteiger partial charge is 0.497 e. The molecule has 0 aliphatic heterocycles. The predicted octanol–water partition coefficient (Wildman–Crippen LogP) is 4.39. The van der Waals surface area contributed by atoms with Crippen molar-refractivity contribution >= 4 is 17.9 Å². The minimum atomic E-state index is -0.0170. The van der Waals surface area contributed by atoms with Crippen molar-refractivity contribution in [2.24, 2.45) is 0 Å². The van der Waals surface area contributed by atoms with Crippen LogP contribution >= 0.6 is 0 Å². The van der Waals surface area contributed by atoms with Crippen LogP contribution in [0, 0.1) is 0 Å². The number of allylic oxidation sites excluding steroid dienone is 2. The van der Waals surface area contributed by atoms with Gasteiger partial charge >= 0.3 is 0 Å². The first-order valence-electron chi connectivity index (χ1n) is 7.31. The molecule has 3 heteroatoms. The molecule has 0 aliphatic rings. The maximum Gasteiger partial charge on any atom is 0.181 e. The quantitative estimate of drug-likeness (QED) is 0.742. The first-order valence-corrected chi connectivity index (χ1v) is 7.31. The minimum Gasteiger partial charge on any atom is -0.497 e. The van der Waals surface area contributed by atoms with E-state index in [-0.39, 0.29) is 5.78 Å². The topological polar surface area (TPSA) is 35.5 Å². The number of rotatable bonds is 6. The van der Waals surface area contributed by atoms with E-state index in [1.54, 1.807) is 26.4 Å². The third-order valence-electron chi connectivity index (χ3n) is 3.43. The highest BCUT2D eigenvalue weighted by Crippen LogP contribution is 2.15. The zero-order valence-corrected chi connectivity index (χ0v) is 13.6. The highest BCUT2D eigenvalue weighted by Gasteiger charge is 2.01. The lowest BCUT2D eigenvalue weighted by molar-refractivity contribution is -0.111. The first kappa shape index (κ1) is 16.6. The smallest absolute Gasteiger partial charge is 0.181 e. The number of ketones is 1. The summed E-state index contributed by atoms with van der Waals surface area (Å²) in [6.07, 6.45) is 5.24. The van der Waals surface area contributed by atoms with E-state index < -0.39 is 0 Å². The molecule has 3 nitrogen and oxygen atoms in total. The third kappa shape index (κ3) is 4.85. The Balaban J connectivity index is 2.05. The van der Waals surface area contributed by atoms with Gasteiger partial charge in [-0.3, -0.25) is 4.79 Å². The lowest BCUT2D eigenvalue weighted by atomic mass is 10.1. The molecule has 0 heterocycles. The summed E-state index contributed by atoms with van der Waals surface area (Å²) in [7, 11) is 3.26. The number of hydrogen-bond donors (Lipinski definition) is 0. The van der Waals surface area contributed by atoms with E-state index in [0.717, 1.165) is 22.6 Å². The van der Waals surface area contributed by atoms with E-state index in [1.807, 2.05) is 61.5 Å². The summed E-state index contributed by atoms with van der Waals surface area (Å²) in [6, 6.07) is 15.1. The maximum absolute atomic E-state index is 12.2. The van der Waals surface area contributed by atoms with E-state index in [0.29, 0.717) is 5.57 Å². The number of benzene rings is 2. The molecule has 0 fully saturated rings. The van der Waals surface area contributed by atoms with Crippen LogP contribution in [0.3, 0.4) is 0 Å². The van der Waals surface area contributed by atoms with Gasteiger partial charge in [0.05, 0.1) is 14.2 Å². The SMILES string of the molecule is COc1ccc(/C=C/C(=O)/C(C)=C/c2ccc(OC)cc2)cc1. The van der Waals surface area contributed by atoms with Crippen LogP contribution in [0.4, 0.5) is 0 Å². The van der Waals surface area contributed by atoms with Crippen LogP contribution in [0.15, 0.2) is 60.2 Å². The molecule has 0 bridgehead atoms. The van der Waals surface area contributed by atoms with Crippen LogP contribution in [0.25, 0.3) is 12.2 Å². The van der Waals surface area contributed by atoms with Crippen molar-refractivity contribution in [1.29, 1.82) is 0 Å². The van der Waals surface area contributed by atoms with Crippen molar-refractivity contribution in [3.63, 3.8) is 0 Å². The summed E-state index contributed by atoms with van der Waals surface area (Å²) in [6.45, 7) is 1.81. The third-order valence-corrected chi connectivity index (χ3v) is 3.43. The lowest BCUT2D eigenvalue weighted by Gasteiger charge is -2.01. The summed E-state index contributed by atoms with van der Waals surface area (Å²) in [5, 5.41) is 0. The number of hydrogen-bond acceptors (Lipinski definition) is 3. The second-order valence-electron chi connectivity index (χ2n) is 5.07. The fourth-order valence-electron chi connectivity index (χ4n) is 2.04. The Bertz CT molecular complexity index is 708. The summed E-state index contributed by atoms with van der Waals surface area (Å²) >= 11 is 0. The van der Waals surface area contributed by atoms with E-state index in [9.17, 15) is 4.79 Å². The van der Waals surface area contributed by atoms with Crippen LogP contribution in [0.5, 0.6) is 11.5 Å². The number of carbonyl (C=O) groups is 1. The zero-order chi connectivity index (χ0) is 16.7. The molecule has 23 heavy (non-hydrogen) atoms. The van der Waals surface area contributed by atoms with Crippen LogP contribution in [-0.2, 0) is 4.79 Å². The van der Waals surface area contributed by atoms with Gasteiger partial charge in [-0.2, -0.15) is 0 Å².